The van der Waals surface area contributed by atoms with Crippen LogP contribution in [0.5, 0.6) is 0 Å². The summed E-state index contributed by atoms with van der Waals surface area (Å²) in [6, 6.07) is 2.20. The van der Waals surface area contributed by atoms with Crippen molar-refractivity contribution < 1.29 is 27.1 Å². The normalized spacial score (nSPS) is 20.8. The fraction of sp³-hybridized carbons (Fsp3) is 0.417. The number of carboxylic acids is 1. The minimum Gasteiger partial charge on any atom is -0.481 e. The van der Waals surface area contributed by atoms with Gasteiger partial charge in [-0.2, -0.15) is 4.31 Å². The summed E-state index contributed by atoms with van der Waals surface area (Å²) in [4.78, 5) is 10.3. The number of hydrogen-bond acceptors (Lipinski definition) is 3. The van der Waals surface area contributed by atoms with Crippen molar-refractivity contribution in [1.82, 2.24) is 4.31 Å². The molecule has 1 aliphatic rings. The molecule has 1 heterocycles. The molecule has 1 saturated heterocycles. The van der Waals surface area contributed by atoms with Crippen LogP contribution in [0.2, 0.25) is 0 Å². The molecule has 1 aromatic carbocycles. The Hall–Kier alpha value is -1.54. The predicted octanol–water partition coefficient (Wildman–Crippen LogP) is 1.45. The molecule has 1 atom stereocenters. The minimum absolute atomic E-state index is 0.128. The maximum absolute atomic E-state index is 13.6. The third-order valence-electron chi connectivity index (χ3n) is 3.25. The van der Waals surface area contributed by atoms with Gasteiger partial charge in [0.05, 0.1) is 5.92 Å². The number of halogens is 2. The van der Waals surface area contributed by atoms with E-state index in [1.54, 1.807) is 0 Å². The zero-order valence-corrected chi connectivity index (χ0v) is 11.2. The SMILES string of the molecule is O=C(O)C1CCCN(S(=O)(=O)c2ccc(F)cc2F)C1. The van der Waals surface area contributed by atoms with E-state index in [-0.39, 0.29) is 13.1 Å². The first-order chi connectivity index (χ1) is 9.32. The van der Waals surface area contributed by atoms with Gasteiger partial charge in [0.1, 0.15) is 16.5 Å². The molecule has 8 heteroatoms. The van der Waals surface area contributed by atoms with Crippen LogP contribution >= 0.6 is 0 Å². The molecule has 5 nitrogen and oxygen atoms in total. The third kappa shape index (κ3) is 2.80. The zero-order valence-electron chi connectivity index (χ0n) is 10.4. The molecule has 2 rings (SSSR count). The van der Waals surface area contributed by atoms with E-state index in [9.17, 15) is 22.0 Å². The van der Waals surface area contributed by atoms with Crippen LogP contribution in [-0.4, -0.2) is 36.9 Å². The molecule has 1 unspecified atom stereocenters. The molecule has 1 aliphatic heterocycles. The van der Waals surface area contributed by atoms with Gasteiger partial charge in [-0.1, -0.05) is 0 Å². The van der Waals surface area contributed by atoms with Gasteiger partial charge in [-0.15, -0.1) is 0 Å². The van der Waals surface area contributed by atoms with Gasteiger partial charge in [-0.05, 0) is 25.0 Å². The third-order valence-corrected chi connectivity index (χ3v) is 5.14. The van der Waals surface area contributed by atoms with Gasteiger partial charge < -0.3 is 5.11 Å². The van der Waals surface area contributed by atoms with Crippen LogP contribution in [0.1, 0.15) is 12.8 Å². The minimum atomic E-state index is -4.15. The van der Waals surface area contributed by atoms with Gasteiger partial charge in [0.15, 0.2) is 0 Å². The molecule has 0 saturated carbocycles. The van der Waals surface area contributed by atoms with Gasteiger partial charge in [0, 0.05) is 19.2 Å². The molecule has 0 aliphatic carbocycles. The number of hydrogen-bond donors (Lipinski definition) is 1. The Labute approximate surface area is 114 Å². The highest BCUT2D eigenvalue weighted by Crippen LogP contribution is 2.25. The molecule has 20 heavy (non-hydrogen) atoms. The summed E-state index contributed by atoms with van der Waals surface area (Å²) in [6.45, 7) is -0.0720. The van der Waals surface area contributed by atoms with E-state index in [0.717, 1.165) is 16.4 Å². The van der Waals surface area contributed by atoms with E-state index in [1.807, 2.05) is 0 Å². The quantitative estimate of drug-likeness (QED) is 0.917. The van der Waals surface area contributed by atoms with E-state index < -0.39 is 38.4 Å². The van der Waals surface area contributed by atoms with Crippen LogP contribution in [0.4, 0.5) is 8.78 Å². The van der Waals surface area contributed by atoms with Crippen LogP contribution in [0.25, 0.3) is 0 Å². The molecule has 110 valence electrons. The van der Waals surface area contributed by atoms with Gasteiger partial charge in [-0.3, -0.25) is 4.79 Å². The van der Waals surface area contributed by atoms with Crippen molar-refractivity contribution >= 4 is 16.0 Å². The highest BCUT2D eigenvalue weighted by Gasteiger charge is 2.34. The highest BCUT2D eigenvalue weighted by atomic mass is 32.2. The van der Waals surface area contributed by atoms with Crippen molar-refractivity contribution in [3.05, 3.63) is 29.8 Å². The number of benzene rings is 1. The van der Waals surface area contributed by atoms with Crippen molar-refractivity contribution in [2.24, 2.45) is 5.92 Å². The van der Waals surface area contributed by atoms with Crippen molar-refractivity contribution in [2.45, 2.75) is 17.7 Å². The van der Waals surface area contributed by atoms with Crippen LogP contribution in [-0.2, 0) is 14.8 Å². The first-order valence-electron chi connectivity index (χ1n) is 6.00. The van der Waals surface area contributed by atoms with Gasteiger partial charge >= 0.3 is 5.97 Å². The Morgan fingerprint density at radius 3 is 2.65 bits per heavy atom. The average molecular weight is 305 g/mol. The molecule has 1 N–H and O–H groups in total. The van der Waals surface area contributed by atoms with Crippen molar-refractivity contribution in [3.8, 4) is 0 Å². The lowest BCUT2D eigenvalue weighted by Gasteiger charge is -2.29. The first-order valence-corrected chi connectivity index (χ1v) is 7.44. The summed E-state index contributed by atoms with van der Waals surface area (Å²) in [5, 5.41) is 8.94. The van der Waals surface area contributed by atoms with E-state index >= 15 is 0 Å². The van der Waals surface area contributed by atoms with Crippen LogP contribution in [0, 0.1) is 17.6 Å². The number of sulfonamides is 1. The van der Waals surface area contributed by atoms with Gasteiger partial charge in [0.2, 0.25) is 10.0 Å². The topological polar surface area (TPSA) is 74.7 Å². The lowest BCUT2D eigenvalue weighted by Crippen LogP contribution is -2.42. The molecule has 0 spiro atoms. The van der Waals surface area contributed by atoms with Crippen molar-refractivity contribution in [2.75, 3.05) is 13.1 Å². The molecule has 1 fully saturated rings. The van der Waals surface area contributed by atoms with E-state index in [4.69, 9.17) is 5.11 Å². The number of aliphatic carboxylic acids is 1. The summed E-state index contributed by atoms with van der Waals surface area (Å²) in [5.74, 6) is -3.93. The Kier molecular flexibility index (Phi) is 4.05. The largest absolute Gasteiger partial charge is 0.481 e. The highest BCUT2D eigenvalue weighted by molar-refractivity contribution is 7.89. The standard InChI is InChI=1S/C12H13F2NO4S/c13-9-3-4-11(10(14)6-9)20(18,19)15-5-1-2-8(7-15)12(16)17/h3-4,6,8H,1-2,5,7H2,(H,16,17). The molecular formula is C12H13F2NO4S. The van der Waals surface area contributed by atoms with Crippen LogP contribution in [0.15, 0.2) is 23.1 Å². The van der Waals surface area contributed by atoms with E-state index in [1.165, 1.54) is 0 Å². The zero-order chi connectivity index (χ0) is 14.9. The molecule has 0 bridgehead atoms. The Balaban J connectivity index is 2.32. The lowest BCUT2D eigenvalue weighted by atomic mass is 10.0. The Morgan fingerprint density at radius 1 is 1.35 bits per heavy atom. The number of carbonyl (C=O) groups is 1. The predicted molar refractivity (Wildman–Crippen MR) is 65.5 cm³/mol. The fourth-order valence-corrected chi connectivity index (χ4v) is 3.75. The summed E-state index contributed by atoms with van der Waals surface area (Å²) >= 11 is 0. The summed E-state index contributed by atoms with van der Waals surface area (Å²) < 4.78 is 51.9. The number of rotatable bonds is 3. The van der Waals surface area contributed by atoms with E-state index in [0.29, 0.717) is 18.9 Å². The average Bonchev–Trinajstić information content (AvgIpc) is 2.38. The maximum atomic E-state index is 13.6. The fourth-order valence-electron chi connectivity index (χ4n) is 2.19. The Bertz CT molecular complexity index is 632. The molecule has 1 aromatic rings. The molecule has 0 radical (unpaired) electrons. The Morgan fingerprint density at radius 2 is 2.05 bits per heavy atom. The molecular weight excluding hydrogens is 292 g/mol. The van der Waals surface area contributed by atoms with Gasteiger partial charge in [-0.25, -0.2) is 17.2 Å². The second-order valence-corrected chi connectivity index (χ2v) is 6.52. The second-order valence-electron chi connectivity index (χ2n) is 4.62. The summed E-state index contributed by atoms with van der Waals surface area (Å²) in [7, 11) is -4.15. The van der Waals surface area contributed by atoms with Crippen LogP contribution < -0.4 is 0 Å². The monoisotopic (exact) mass is 305 g/mol. The van der Waals surface area contributed by atoms with Crippen LogP contribution in [0.3, 0.4) is 0 Å². The summed E-state index contributed by atoms with van der Waals surface area (Å²) in [5.41, 5.74) is 0. The smallest absolute Gasteiger partial charge is 0.307 e. The van der Waals surface area contributed by atoms with Crippen molar-refractivity contribution in [3.63, 3.8) is 0 Å². The lowest BCUT2D eigenvalue weighted by molar-refractivity contribution is -0.142. The molecule has 0 amide bonds. The first kappa shape index (κ1) is 14.9. The number of carboxylic acid groups (broad SMARTS) is 1. The van der Waals surface area contributed by atoms with E-state index in [2.05, 4.69) is 0 Å². The maximum Gasteiger partial charge on any atom is 0.307 e. The number of nitrogens with zero attached hydrogens (tertiary/aromatic N) is 1. The molecule has 0 aromatic heterocycles. The van der Waals surface area contributed by atoms with Gasteiger partial charge in [0.25, 0.3) is 0 Å². The number of piperidine rings is 1. The second kappa shape index (κ2) is 5.45. The summed E-state index contributed by atoms with van der Waals surface area (Å²) in [6.07, 6.45) is 0.770. The van der Waals surface area contributed by atoms with Crippen molar-refractivity contribution in [1.29, 1.82) is 0 Å².